The van der Waals surface area contributed by atoms with Crippen LogP contribution in [0.3, 0.4) is 0 Å². The van der Waals surface area contributed by atoms with E-state index in [2.05, 4.69) is 10.5 Å². The number of carbonyl (C=O) groups is 1. The molecule has 29 heavy (non-hydrogen) atoms. The molecule has 1 amide bonds. The van der Waals surface area contributed by atoms with Crippen LogP contribution in [-0.4, -0.2) is 27.8 Å². The van der Waals surface area contributed by atoms with E-state index in [0.29, 0.717) is 0 Å². The summed E-state index contributed by atoms with van der Waals surface area (Å²) in [4.78, 5) is 21.7. The zero-order valence-electron chi connectivity index (χ0n) is 15.5. The third kappa shape index (κ3) is 4.86. The highest BCUT2D eigenvalue weighted by Crippen LogP contribution is 2.30. The normalized spacial score (nSPS) is 11.0. The van der Waals surface area contributed by atoms with Crippen molar-refractivity contribution >= 4 is 34.9 Å². The maximum atomic E-state index is 12.2. The summed E-state index contributed by atoms with van der Waals surface area (Å²) < 4.78 is 0. The van der Waals surface area contributed by atoms with E-state index in [-0.39, 0.29) is 11.7 Å². The van der Waals surface area contributed by atoms with Gasteiger partial charge in [-0.15, -0.1) is 0 Å². The topological polar surface area (TPSA) is 67.2 Å². The number of nitrogens with one attached hydrogen (secondary N) is 1. The van der Waals surface area contributed by atoms with Crippen LogP contribution in [0.1, 0.15) is 5.56 Å². The highest BCUT2D eigenvalue weighted by atomic mass is 32.2. The average Bonchev–Trinajstić information content (AvgIpc) is 2.78. The van der Waals surface area contributed by atoms with Gasteiger partial charge in [0.05, 0.1) is 23.0 Å². The van der Waals surface area contributed by atoms with Crippen molar-refractivity contribution in [3.8, 4) is 11.3 Å². The molecule has 1 N–H and O–H groups in total. The summed E-state index contributed by atoms with van der Waals surface area (Å²) in [5.41, 5.74) is 6.85. The van der Waals surface area contributed by atoms with Crippen LogP contribution >= 0.6 is 11.8 Å². The molecule has 4 aromatic rings. The molecule has 0 spiro atoms. The largest absolute Gasteiger partial charge is 0.272 e. The fourth-order valence-electron chi connectivity index (χ4n) is 2.75. The molecule has 1 aromatic heterocycles. The van der Waals surface area contributed by atoms with E-state index in [1.165, 1.54) is 11.8 Å². The molecule has 0 aliphatic rings. The lowest BCUT2D eigenvalue weighted by molar-refractivity contribution is -0.118. The minimum absolute atomic E-state index is 0.193. The van der Waals surface area contributed by atoms with Crippen molar-refractivity contribution in [3.63, 3.8) is 0 Å². The molecule has 3 aromatic carbocycles. The molecule has 0 bridgehead atoms. The molecule has 0 saturated carbocycles. The lowest BCUT2D eigenvalue weighted by atomic mass is 10.1. The van der Waals surface area contributed by atoms with Crippen LogP contribution in [0.25, 0.3) is 22.3 Å². The first-order chi connectivity index (χ1) is 14.3. The second kappa shape index (κ2) is 9.12. The lowest BCUT2D eigenvalue weighted by Crippen LogP contribution is -2.19. The zero-order valence-corrected chi connectivity index (χ0v) is 16.3. The van der Waals surface area contributed by atoms with Crippen molar-refractivity contribution in [2.75, 3.05) is 5.75 Å². The first-order valence-electron chi connectivity index (χ1n) is 9.11. The van der Waals surface area contributed by atoms with Crippen molar-refractivity contribution in [1.29, 1.82) is 0 Å². The van der Waals surface area contributed by atoms with Gasteiger partial charge in [0, 0.05) is 5.56 Å². The molecule has 0 unspecified atom stereocenters. The molecule has 4 rings (SSSR count). The van der Waals surface area contributed by atoms with Crippen LogP contribution in [0.15, 0.2) is 95.1 Å². The van der Waals surface area contributed by atoms with Gasteiger partial charge in [-0.25, -0.2) is 15.4 Å². The van der Waals surface area contributed by atoms with Gasteiger partial charge in [-0.2, -0.15) is 5.10 Å². The van der Waals surface area contributed by atoms with Gasteiger partial charge < -0.3 is 0 Å². The molecule has 142 valence electrons. The van der Waals surface area contributed by atoms with Gasteiger partial charge >= 0.3 is 0 Å². The number of para-hydroxylation sites is 2. The molecule has 0 atom stereocenters. The first kappa shape index (κ1) is 18.8. The van der Waals surface area contributed by atoms with Crippen LogP contribution in [-0.2, 0) is 4.79 Å². The third-order valence-electron chi connectivity index (χ3n) is 4.13. The van der Waals surface area contributed by atoms with Crippen LogP contribution in [0, 0.1) is 0 Å². The Morgan fingerprint density at radius 2 is 1.48 bits per heavy atom. The van der Waals surface area contributed by atoms with Gasteiger partial charge in [0.15, 0.2) is 0 Å². The number of carbonyl (C=O) groups excluding carboxylic acids is 1. The molecule has 0 aliphatic carbocycles. The Hall–Kier alpha value is -3.51. The summed E-state index contributed by atoms with van der Waals surface area (Å²) >= 11 is 1.35. The Morgan fingerprint density at radius 3 is 2.21 bits per heavy atom. The lowest BCUT2D eigenvalue weighted by Gasteiger charge is -2.09. The second-order valence-corrected chi connectivity index (χ2v) is 7.19. The van der Waals surface area contributed by atoms with Crippen LogP contribution in [0.4, 0.5) is 0 Å². The number of nitrogens with zero attached hydrogens (tertiary/aromatic N) is 3. The number of benzene rings is 3. The second-order valence-electron chi connectivity index (χ2n) is 6.22. The van der Waals surface area contributed by atoms with Crippen molar-refractivity contribution in [2.45, 2.75) is 5.03 Å². The number of rotatable bonds is 6. The molecule has 6 heteroatoms. The van der Waals surface area contributed by atoms with Crippen LogP contribution < -0.4 is 5.43 Å². The number of thioether (sulfide) groups is 1. The summed E-state index contributed by atoms with van der Waals surface area (Å²) in [5.74, 6) is -0.00457. The van der Waals surface area contributed by atoms with Gasteiger partial charge in [0.2, 0.25) is 5.91 Å². The Morgan fingerprint density at radius 1 is 0.862 bits per heavy atom. The summed E-state index contributed by atoms with van der Waals surface area (Å²) in [6, 6.07) is 27.2. The Kier molecular flexibility index (Phi) is 5.92. The van der Waals surface area contributed by atoms with E-state index in [0.717, 1.165) is 32.9 Å². The van der Waals surface area contributed by atoms with Gasteiger partial charge in [0.1, 0.15) is 10.7 Å². The standard InChI is InChI=1S/C23H18N4OS/c28-21(27-24-15-17-9-3-1-4-10-17)16-29-23-22(18-11-5-2-6-12-18)25-19-13-7-8-14-20(19)26-23/h1-15H,16H2,(H,27,28)/b24-15+. The van der Waals surface area contributed by atoms with E-state index in [1.54, 1.807) is 6.21 Å². The van der Waals surface area contributed by atoms with E-state index >= 15 is 0 Å². The summed E-state index contributed by atoms with van der Waals surface area (Å²) in [5, 5.41) is 4.73. The monoisotopic (exact) mass is 398 g/mol. The van der Waals surface area contributed by atoms with Gasteiger partial charge in [-0.05, 0) is 17.7 Å². The summed E-state index contributed by atoms with van der Waals surface area (Å²) in [6.07, 6.45) is 1.62. The molecular weight excluding hydrogens is 380 g/mol. The Labute approximate surface area is 172 Å². The van der Waals surface area contributed by atoms with E-state index in [1.807, 2.05) is 84.9 Å². The molecule has 0 fully saturated rings. The number of hydrogen-bond acceptors (Lipinski definition) is 5. The minimum Gasteiger partial charge on any atom is -0.272 e. The van der Waals surface area contributed by atoms with E-state index < -0.39 is 0 Å². The van der Waals surface area contributed by atoms with Gasteiger partial charge in [-0.3, -0.25) is 4.79 Å². The van der Waals surface area contributed by atoms with Gasteiger partial charge in [-0.1, -0.05) is 84.6 Å². The fourth-order valence-corrected chi connectivity index (χ4v) is 3.55. The summed E-state index contributed by atoms with van der Waals surface area (Å²) in [7, 11) is 0. The van der Waals surface area contributed by atoms with Crippen molar-refractivity contribution < 1.29 is 4.79 Å². The van der Waals surface area contributed by atoms with Gasteiger partial charge in [0.25, 0.3) is 0 Å². The summed E-state index contributed by atoms with van der Waals surface area (Å²) in [6.45, 7) is 0. The van der Waals surface area contributed by atoms with Crippen LogP contribution in [0.5, 0.6) is 0 Å². The van der Waals surface area contributed by atoms with E-state index in [4.69, 9.17) is 9.97 Å². The predicted molar refractivity (Wildman–Crippen MR) is 118 cm³/mol. The smallest absolute Gasteiger partial charge is 0.250 e. The average molecular weight is 398 g/mol. The van der Waals surface area contributed by atoms with Crippen molar-refractivity contribution in [3.05, 3.63) is 90.5 Å². The van der Waals surface area contributed by atoms with E-state index in [9.17, 15) is 4.79 Å². The number of aromatic nitrogens is 2. The minimum atomic E-state index is -0.198. The van der Waals surface area contributed by atoms with Crippen molar-refractivity contribution in [2.24, 2.45) is 5.10 Å². The van der Waals surface area contributed by atoms with Crippen molar-refractivity contribution in [1.82, 2.24) is 15.4 Å². The zero-order chi connectivity index (χ0) is 19.9. The molecular formula is C23H18N4OS. The SMILES string of the molecule is O=C(CSc1nc2ccccc2nc1-c1ccccc1)N/N=C/c1ccccc1. The molecule has 0 radical (unpaired) electrons. The Balaban J connectivity index is 1.51. The molecule has 0 aliphatic heterocycles. The maximum Gasteiger partial charge on any atom is 0.250 e. The molecule has 1 heterocycles. The predicted octanol–water partition coefficient (Wildman–Crippen LogP) is 4.54. The number of amides is 1. The highest BCUT2D eigenvalue weighted by Gasteiger charge is 2.13. The quantitative estimate of drug-likeness (QED) is 0.294. The first-order valence-corrected chi connectivity index (χ1v) is 10.1. The molecule has 5 nitrogen and oxygen atoms in total. The number of fused-ring (bicyclic) bond motifs is 1. The third-order valence-corrected chi connectivity index (χ3v) is 5.09. The number of hydrazone groups is 1. The molecule has 0 saturated heterocycles. The number of hydrogen-bond donors (Lipinski definition) is 1. The fraction of sp³-hybridized carbons (Fsp3) is 0.0435. The highest BCUT2D eigenvalue weighted by molar-refractivity contribution is 8.00. The maximum absolute atomic E-state index is 12.2. The van der Waals surface area contributed by atoms with Crippen LogP contribution in [0.2, 0.25) is 0 Å². The Bertz CT molecular complexity index is 1150.